The SMILES string of the molecule is COc1cc(C(C)C)ccc1CC(=O)[C@@H]1N[C@@H](C)C(C)(C)[C@H]1C. The molecule has 3 nitrogen and oxygen atoms in total. The van der Waals surface area contributed by atoms with Crippen LogP contribution in [0.5, 0.6) is 5.75 Å². The lowest BCUT2D eigenvalue weighted by Crippen LogP contribution is -2.38. The molecule has 0 unspecified atom stereocenters. The van der Waals surface area contributed by atoms with Crippen molar-refractivity contribution in [2.24, 2.45) is 11.3 Å². The fraction of sp³-hybridized carbons (Fsp3) is 0.650. The summed E-state index contributed by atoms with van der Waals surface area (Å²) in [6.45, 7) is 13.1. The first kappa shape index (κ1) is 18.0. The van der Waals surface area contributed by atoms with E-state index >= 15 is 0 Å². The standard InChI is InChI=1S/C20H31NO2/c1-12(2)15-8-9-16(18(11-15)23-7)10-17(22)19-13(3)20(5,6)14(4)21-19/h8-9,11-14,19,21H,10H2,1-7H3/t13-,14-,19+/m0/s1. The number of nitrogens with one attached hydrogen (secondary N) is 1. The van der Waals surface area contributed by atoms with E-state index in [1.165, 1.54) is 5.56 Å². The minimum atomic E-state index is -0.0746. The van der Waals surface area contributed by atoms with Gasteiger partial charge in [0, 0.05) is 18.0 Å². The molecule has 1 heterocycles. The Morgan fingerprint density at radius 1 is 1.30 bits per heavy atom. The highest BCUT2D eigenvalue weighted by Crippen LogP contribution is 2.39. The van der Waals surface area contributed by atoms with Crippen LogP contribution in [0.15, 0.2) is 18.2 Å². The summed E-state index contributed by atoms with van der Waals surface area (Å²) in [6, 6.07) is 6.48. The van der Waals surface area contributed by atoms with Crippen molar-refractivity contribution < 1.29 is 9.53 Å². The molecule has 0 aromatic heterocycles. The smallest absolute Gasteiger partial charge is 0.154 e. The van der Waals surface area contributed by atoms with Crippen LogP contribution in [0.1, 0.15) is 58.6 Å². The maximum Gasteiger partial charge on any atom is 0.154 e. The minimum absolute atomic E-state index is 0.0746. The molecule has 1 aliphatic rings. The zero-order valence-electron chi connectivity index (χ0n) is 15.6. The van der Waals surface area contributed by atoms with E-state index in [1.807, 2.05) is 6.07 Å². The van der Waals surface area contributed by atoms with Gasteiger partial charge in [-0.05, 0) is 35.8 Å². The number of hydrogen-bond acceptors (Lipinski definition) is 3. The number of ether oxygens (including phenoxy) is 1. The van der Waals surface area contributed by atoms with E-state index in [0.29, 0.717) is 24.3 Å². The van der Waals surface area contributed by atoms with E-state index in [0.717, 1.165) is 11.3 Å². The summed E-state index contributed by atoms with van der Waals surface area (Å²) in [5, 5.41) is 3.49. The van der Waals surface area contributed by atoms with Crippen LogP contribution in [-0.4, -0.2) is 25.0 Å². The van der Waals surface area contributed by atoms with Gasteiger partial charge in [0.2, 0.25) is 0 Å². The molecule has 0 saturated carbocycles. The zero-order chi connectivity index (χ0) is 17.4. The van der Waals surface area contributed by atoms with Crippen LogP contribution in [0.4, 0.5) is 0 Å². The van der Waals surface area contributed by atoms with Gasteiger partial charge in [-0.15, -0.1) is 0 Å². The Morgan fingerprint density at radius 3 is 2.43 bits per heavy atom. The molecular weight excluding hydrogens is 286 g/mol. The van der Waals surface area contributed by atoms with E-state index < -0.39 is 0 Å². The van der Waals surface area contributed by atoms with Crippen molar-refractivity contribution in [1.29, 1.82) is 0 Å². The average molecular weight is 317 g/mol. The highest BCUT2D eigenvalue weighted by molar-refractivity contribution is 5.87. The summed E-state index contributed by atoms with van der Waals surface area (Å²) in [7, 11) is 1.68. The van der Waals surface area contributed by atoms with E-state index in [1.54, 1.807) is 7.11 Å². The lowest BCUT2D eigenvalue weighted by molar-refractivity contribution is -0.121. The van der Waals surface area contributed by atoms with Crippen molar-refractivity contribution >= 4 is 5.78 Å². The Morgan fingerprint density at radius 2 is 1.96 bits per heavy atom. The van der Waals surface area contributed by atoms with Crippen molar-refractivity contribution in [2.45, 2.75) is 66.0 Å². The molecule has 3 atom stereocenters. The highest BCUT2D eigenvalue weighted by atomic mass is 16.5. The molecule has 1 aromatic rings. The van der Waals surface area contributed by atoms with Crippen molar-refractivity contribution in [2.75, 3.05) is 7.11 Å². The molecule has 0 aliphatic carbocycles. The first-order valence-corrected chi connectivity index (χ1v) is 8.64. The van der Waals surface area contributed by atoms with Crippen LogP contribution in [0, 0.1) is 11.3 Å². The van der Waals surface area contributed by atoms with E-state index in [9.17, 15) is 4.79 Å². The van der Waals surface area contributed by atoms with Gasteiger partial charge in [0.15, 0.2) is 5.78 Å². The van der Waals surface area contributed by atoms with E-state index in [2.05, 4.69) is 59.0 Å². The Bertz CT molecular complexity index is 577. The number of ketones is 1. The lowest BCUT2D eigenvalue weighted by atomic mass is 9.75. The van der Waals surface area contributed by atoms with Gasteiger partial charge in [-0.1, -0.05) is 46.8 Å². The Kier molecular flexibility index (Phi) is 5.20. The van der Waals surface area contributed by atoms with E-state index in [-0.39, 0.29) is 17.2 Å². The third kappa shape index (κ3) is 3.45. The van der Waals surface area contributed by atoms with Gasteiger partial charge in [-0.2, -0.15) is 0 Å². The third-order valence-corrected chi connectivity index (χ3v) is 5.91. The summed E-state index contributed by atoms with van der Waals surface area (Å²) in [4.78, 5) is 12.8. The molecule has 0 bridgehead atoms. The number of rotatable bonds is 5. The Balaban J connectivity index is 2.18. The number of hydrogen-bond donors (Lipinski definition) is 1. The van der Waals surface area contributed by atoms with Crippen LogP contribution in [0.3, 0.4) is 0 Å². The molecule has 1 aromatic carbocycles. The van der Waals surface area contributed by atoms with Gasteiger partial charge >= 0.3 is 0 Å². The Labute approximate surface area is 140 Å². The van der Waals surface area contributed by atoms with Gasteiger partial charge < -0.3 is 10.1 Å². The molecule has 1 fully saturated rings. The van der Waals surface area contributed by atoms with Crippen LogP contribution < -0.4 is 10.1 Å². The first-order chi connectivity index (χ1) is 10.7. The molecule has 0 spiro atoms. The normalized spacial score (nSPS) is 26.5. The molecule has 128 valence electrons. The fourth-order valence-corrected chi connectivity index (χ4v) is 3.39. The molecule has 0 amide bonds. The van der Waals surface area contributed by atoms with Crippen molar-refractivity contribution in [3.63, 3.8) is 0 Å². The highest BCUT2D eigenvalue weighted by Gasteiger charge is 2.46. The number of Topliss-reactive ketones (excluding diaryl/α,β-unsaturated/α-hetero) is 1. The minimum Gasteiger partial charge on any atom is -0.496 e. The van der Waals surface area contributed by atoms with Crippen molar-refractivity contribution in [1.82, 2.24) is 5.32 Å². The van der Waals surface area contributed by atoms with Gasteiger partial charge in [0.05, 0.1) is 13.2 Å². The third-order valence-electron chi connectivity index (χ3n) is 5.91. The summed E-state index contributed by atoms with van der Waals surface area (Å²) in [5.74, 6) is 1.85. The van der Waals surface area contributed by atoms with Crippen LogP contribution >= 0.6 is 0 Å². The van der Waals surface area contributed by atoms with Gasteiger partial charge in [0.25, 0.3) is 0 Å². The molecule has 1 aliphatic heterocycles. The maximum atomic E-state index is 12.8. The first-order valence-electron chi connectivity index (χ1n) is 8.64. The van der Waals surface area contributed by atoms with Gasteiger partial charge in [0.1, 0.15) is 5.75 Å². The summed E-state index contributed by atoms with van der Waals surface area (Å²) >= 11 is 0. The summed E-state index contributed by atoms with van der Waals surface area (Å²) in [6.07, 6.45) is 0.423. The number of carbonyl (C=O) groups excluding carboxylic acids is 1. The predicted molar refractivity (Wildman–Crippen MR) is 95.1 cm³/mol. The molecule has 2 rings (SSSR count). The van der Waals surface area contributed by atoms with Gasteiger partial charge in [-0.3, -0.25) is 4.79 Å². The number of benzene rings is 1. The molecular formula is C20H31NO2. The van der Waals surface area contributed by atoms with Crippen molar-refractivity contribution in [3.8, 4) is 5.75 Å². The summed E-state index contributed by atoms with van der Waals surface area (Å²) in [5.41, 5.74) is 2.35. The monoisotopic (exact) mass is 317 g/mol. The van der Waals surface area contributed by atoms with Crippen molar-refractivity contribution in [3.05, 3.63) is 29.3 Å². The molecule has 3 heteroatoms. The van der Waals surface area contributed by atoms with E-state index in [4.69, 9.17) is 4.74 Å². The van der Waals surface area contributed by atoms with Gasteiger partial charge in [-0.25, -0.2) is 0 Å². The second-order valence-electron chi connectivity index (χ2n) is 7.85. The molecule has 23 heavy (non-hydrogen) atoms. The largest absolute Gasteiger partial charge is 0.496 e. The van der Waals surface area contributed by atoms with Crippen LogP contribution in [0.25, 0.3) is 0 Å². The molecule has 1 N–H and O–H groups in total. The molecule has 1 saturated heterocycles. The zero-order valence-corrected chi connectivity index (χ0v) is 15.6. The summed E-state index contributed by atoms with van der Waals surface area (Å²) < 4.78 is 5.52. The lowest BCUT2D eigenvalue weighted by Gasteiger charge is -2.28. The topological polar surface area (TPSA) is 38.3 Å². The quantitative estimate of drug-likeness (QED) is 0.893. The Hall–Kier alpha value is -1.35. The average Bonchev–Trinajstić information content (AvgIpc) is 2.70. The molecule has 0 radical (unpaired) electrons. The fourth-order valence-electron chi connectivity index (χ4n) is 3.39. The van der Waals surface area contributed by atoms with Crippen LogP contribution in [-0.2, 0) is 11.2 Å². The second kappa shape index (κ2) is 6.64. The number of carbonyl (C=O) groups is 1. The predicted octanol–water partition coefficient (Wildman–Crippen LogP) is 3.95. The number of methoxy groups -OCH3 is 1. The van der Waals surface area contributed by atoms with Crippen LogP contribution in [0.2, 0.25) is 0 Å². The second-order valence-corrected chi connectivity index (χ2v) is 7.85. The maximum absolute atomic E-state index is 12.8.